The Balaban J connectivity index is 1.59. The molecule has 1 atom stereocenters. The molecule has 1 aliphatic carbocycles. The highest BCUT2D eigenvalue weighted by Gasteiger charge is 2.57. The lowest BCUT2D eigenvalue weighted by Crippen LogP contribution is -2.31. The molecule has 0 radical (unpaired) electrons. The molecule has 1 saturated carbocycles. The van der Waals surface area contributed by atoms with Crippen LogP contribution >= 0.6 is 11.6 Å². The molecule has 136 valence electrons. The fraction of sp³-hybridized carbons (Fsp3) is 0.579. The van der Waals surface area contributed by atoms with Crippen molar-refractivity contribution in [2.45, 2.75) is 33.1 Å². The van der Waals surface area contributed by atoms with Gasteiger partial charge in [0.25, 0.3) is 5.91 Å². The van der Waals surface area contributed by atoms with Gasteiger partial charge in [0, 0.05) is 18.2 Å². The summed E-state index contributed by atoms with van der Waals surface area (Å²) in [5.74, 6) is 0.354. The van der Waals surface area contributed by atoms with Crippen LogP contribution in [0.4, 0.5) is 5.69 Å². The second kappa shape index (κ2) is 7.34. The average molecular weight is 364 g/mol. The normalized spacial score (nSPS) is 21.2. The van der Waals surface area contributed by atoms with Gasteiger partial charge in [-0.1, -0.05) is 25.4 Å². The quantitative estimate of drug-likeness (QED) is 0.753. The summed E-state index contributed by atoms with van der Waals surface area (Å²) in [6, 6.07) is 5.06. The molecule has 0 aromatic heterocycles. The molecule has 2 amide bonds. The highest BCUT2D eigenvalue weighted by molar-refractivity contribution is 6.34. The smallest absolute Gasteiger partial charge is 0.252 e. The molecule has 0 bridgehead atoms. The Kier molecular flexibility index (Phi) is 5.35. The van der Waals surface area contributed by atoms with Crippen LogP contribution in [0.25, 0.3) is 0 Å². The molecule has 3 rings (SSSR count). The summed E-state index contributed by atoms with van der Waals surface area (Å²) in [6.45, 7) is 6.67. The highest BCUT2D eigenvalue weighted by Crippen LogP contribution is 2.58. The number of carbonyl (C=O) groups is 2. The minimum atomic E-state index is -0.188. The molecule has 1 unspecified atom stereocenters. The Bertz CT molecular complexity index is 669. The van der Waals surface area contributed by atoms with Crippen LogP contribution in [0.2, 0.25) is 5.02 Å². The molecule has 1 aromatic carbocycles. The molecule has 1 aromatic rings. The zero-order valence-electron chi connectivity index (χ0n) is 14.8. The van der Waals surface area contributed by atoms with Crippen molar-refractivity contribution in [2.24, 2.45) is 17.3 Å². The predicted octanol–water partition coefficient (Wildman–Crippen LogP) is 3.05. The topological polar surface area (TPSA) is 70.2 Å². The summed E-state index contributed by atoms with van der Waals surface area (Å²) in [4.78, 5) is 24.6. The number of hydrogen-bond donors (Lipinski definition) is 3. The van der Waals surface area contributed by atoms with Gasteiger partial charge in [-0.05, 0) is 61.9 Å². The molecule has 1 spiro atoms. The van der Waals surface area contributed by atoms with Crippen molar-refractivity contribution in [3.63, 3.8) is 0 Å². The molecular formula is C19H26ClN3O2. The maximum atomic E-state index is 12.5. The van der Waals surface area contributed by atoms with Crippen LogP contribution in [0.1, 0.15) is 43.5 Å². The molecule has 1 heterocycles. The van der Waals surface area contributed by atoms with Gasteiger partial charge in [0.2, 0.25) is 5.91 Å². The Hall–Kier alpha value is -1.59. The van der Waals surface area contributed by atoms with Crippen molar-refractivity contribution in [3.8, 4) is 0 Å². The maximum absolute atomic E-state index is 12.5. The van der Waals surface area contributed by atoms with Crippen LogP contribution in [0.15, 0.2) is 18.2 Å². The van der Waals surface area contributed by atoms with Crippen LogP contribution in [0.5, 0.6) is 0 Å². The van der Waals surface area contributed by atoms with Crippen LogP contribution in [0.3, 0.4) is 0 Å². The fourth-order valence-electron chi connectivity index (χ4n) is 3.59. The van der Waals surface area contributed by atoms with E-state index < -0.39 is 0 Å². The molecule has 6 heteroatoms. The zero-order valence-corrected chi connectivity index (χ0v) is 15.6. The Morgan fingerprint density at radius 1 is 1.32 bits per heavy atom. The SMILES string of the molecule is CC(C)CNC(=O)c1ccc(NC(=O)C2CC23CCNCC3)cc1Cl. The summed E-state index contributed by atoms with van der Waals surface area (Å²) < 4.78 is 0. The molecule has 2 aliphatic rings. The van der Waals surface area contributed by atoms with E-state index >= 15 is 0 Å². The number of nitrogens with one attached hydrogen (secondary N) is 3. The number of halogens is 1. The van der Waals surface area contributed by atoms with Crippen molar-refractivity contribution in [3.05, 3.63) is 28.8 Å². The number of hydrogen-bond acceptors (Lipinski definition) is 3. The van der Waals surface area contributed by atoms with Gasteiger partial charge in [0.05, 0.1) is 10.6 Å². The first-order chi connectivity index (χ1) is 11.9. The van der Waals surface area contributed by atoms with E-state index in [1.165, 1.54) is 0 Å². The molecule has 25 heavy (non-hydrogen) atoms. The maximum Gasteiger partial charge on any atom is 0.252 e. The number of carbonyl (C=O) groups excluding carboxylic acids is 2. The first-order valence-corrected chi connectivity index (χ1v) is 9.38. The second-order valence-corrected chi connectivity index (χ2v) is 8.06. The van der Waals surface area contributed by atoms with Gasteiger partial charge >= 0.3 is 0 Å². The van der Waals surface area contributed by atoms with Crippen LogP contribution < -0.4 is 16.0 Å². The molecule has 5 nitrogen and oxygen atoms in total. The lowest BCUT2D eigenvalue weighted by Gasteiger charge is -2.23. The summed E-state index contributed by atoms with van der Waals surface area (Å²) >= 11 is 6.24. The lowest BCUT2D eigenvalue weighted by atomic mass is 9.92. The van der Waals surface area contributed by atoms with Gasteiger partial charge < -0.3 is 16.0 Å². The van der Waals surface area contributed by atoms with Crippen molar-refractivity contribution < 1.29 is 9.59 Å². The fourth-order valence-corrected chi connectivity index (χ4v) is 3.86. The second-order valence-electron chi connectivity index (χ2n) is 7.66. The molecule has 3 N–H and O–H groups in total. The van der Waals surface area contributed by atoms with Crippen LogP contribution in [-0.4, -0.2) is 31.4 Å². The van der Waals surface area contributed by atoms with Gasteiger partial charge in [0.15, 0.2) is 0 Å². The Morgan fingerprint density at radius 2 is 2.04 bits per heavy atom. The predicted molar refractivity (Wildman–Crippen MR) is 99.9 cm³/mol. The van der Waals surface area contributed by atoms with Gasteiger partial charge in [-0.2, -0.15) is 0 Å². The van der Waals surface area contributed by atoms with Crippen LogP contribution in [-0.2, 0) is 4.79 Å². The third kappa shape index (κ3) is 4.15. The van der Waals surface area contributed by atoms with E-state index in [2.05, 4.69) is 16.0 Å². The molecule has 1 saturated heterocycles. The molecule has 2 fully saturated rings. The summed E-state index contributed by atoms with van der Waals surface area (Å²) in [6.07, 6.45) is 3.12. The Labute approximate surface area is 153 Å². The van der Waals surface area contributed by atoms with Crippen molar-refractivity contribution in [1.82, 2.24) is 10.6 Å². The monoisotopic (exact) mass is 363 g/mol. The summed E-state index contributed by atoms with van der Waals surface area (Å²) in [5.41, 5.74) is 1.28. The van der Waals surface area contributed by atoms with Crippen molar-refractivity contribution >= 4 is 29.1 Å². The summed E-state index contributed by atoms with van der Waals surface area (Å²) in [5, 5.41) is 9.50. The first-order valence-electron chi connectivity index (χ1n) is 9.01. The number of rotatable bonds is 5. The minimum absolute atomic E-state index is 0.0648. The average Bonchev–Trinajstić information content (AvgIpc) is 3.26. The Morgan fingerprint density at radius 3 is 2.68 bits per heavy atom. The van der Waals surface area contributed by atoms with E-state index in [0.717, 1.165) is 32.4 Å². The van der Waals surface area contributed by atoms with E-state index in [9.17, 15) is 9.59 Å². The third-order valence-electron chi connectivity index (χ3n) is 5.26. The number of piperidine rings is 1. The number of amides is 2. The minimum Gasteiger partial charge on any atom is -0.352 e. The van der Waals surface area contributed by atoms with E-state index in [1.807, 2.05) is 13.8 Å². The summed E-state index contributed by atoms with van der Waals surface area (Å²) in [7, 11) is 0. The van der Waals surface area contributed by atoms with Gasteiger partial charge in [-0.15, -0.1) is 0 Å². The lowest BCUT2D eigenvalue weighted by molar-refractivity contribution is -0.118. The standard InChI is InChI=1S/C19H26ClN3O2/c1-12(2)11-22-17(24)14-4-3-13(9-16(14)20)23-18(25)15-10-19(15)5-7-21-8-6-19/h3-4,9,12,15,21H,5-8,10-11H2,1-2H3,(H,22,24)(H,23,25). The van der Waals surface area contributed by atoms with E-state index in [4.69, 9.17) is 11.6 Å². The van der Waals surface area contributed by atoms with Crippen molar-refractivity contribution in [2.75, 3.05) is 25.0 Å². The van der Waals surface area contributed by atoms with Crippen LogP contribution in [0, 0.1) is 17.3 Å². The van der Waals surface area contributed by atoms with E-state index in [-0.39, 0.29) is 23.1 Å². The van der Waals surface area contributed by atoms with Crippen molar-refractivity contribution in [1.29, 1.82) is 0 Å². The molecular weight excluding hydrogens is 338 g/mol. The van der Waals surface area contributed by atoms with Gasteiger partial charge in [-0.25, -0.2) is 0 Å². The van der Waals surface area contributed by atoms with E-state index in [1.54, 1.807) is 18.2 Å². The third-order valence-corrected chi connectivity index (χ3v) is 5.57. The largest absolute Gasteiger partial charge is 0.352 e. The number of benzene rings is 1. The van der Waals surface area contributed by atoms with Gasteiger partial charge in [0.1, 0.15) is 0 Å². The zero-order chi connectivity index (χ0) is 18.0. The number of anilines is 1. The van der Waals surface area contributed by atoms with Gasteiger partial charge in [-0.3, -0.25) is 9.59 Å². The van der Waals surface area contributed by atoms with E-state index in [0.29, 0.717) is 28.7 Å². The first kappa shape index (κ1) is 18.2. The molecule has 1 aliphatic heterocycles. The highest BCUT2D eigenvalue weighted by atomic mass is 35.5.